The van der Waals surface area contributed by atoms with Crippen molar-refractivity contribution < 1.29 is 33.6 Å². The van der Waals surface area contributed by atoms with Gasteiger partial charge in [-0.2, -0.15) is 0 Å². The van der Waals surface area contributed by atoms with Gasteiger partial charge in [0.2, 0.25) is 6.79 Å². The zero-order valence-electron chi connectivity index (χ0n) is 29.0. The molecule has 2 aliphatic heterocycles. The Morgan fingerprint density at radius 1 is 1.00 bits per heavy atom. The van der Waals surface area contributed by atoms with Crippen LogP contribution in [-0.4, -0.2) is 91.3 Å². The first kappa shape index (κ1) is 35.8. The first-order valence-corrected chi connectivity index (χ1v) is 17.7. The molecule has 11 heteroatoms. The lowest BCUT2D eigenvalue weighted by molar-refractivity contribution is -0.0177. The number of ether oxygens (including phenoxy) is 4. The SMILES string of the molecule is C[C@H](CO)N1C[C@H](C)[C@@H](CN(C)Cc2ccc3c(c2)OCO3)OCCCC[C@H](C)Oc2ccc(NC(=O)NC3CCCCC3)cc2C1=O. The Kier molecular flexibility index (Phi) is 12.8. The quantitative estimate of drug-likeness (QED) is 0.324. The van der Waals surface area contributed by atoms with Crippen molar-refractivity contribution in [2.75, 3.05) is 45.5 Å². The van der Waals surface area contributed by atoms with Crippen molar-refractivity contribution in [2.45, 2.75) is 103 Å². The van der Waals surface area contributed by atoms with Crippen molar-refractivity contribution in [3.63, 3.8) is 0 Å². The molecule has 48 heavy (non-hydrogen) atoms. The Morgan fingerprint density at radius 2 is 1.75 bits per heavy atom. The molecule has 0 aromatic heterocycles. The van der Waals surface area contributed by atoms with Crippen molar-refractivity contribution in [2.24, 2.45) is 5.92 Å². The predicted octanol–water partition coefficient (Wildman–Crippen LogP) is 5.80. The van der Waals surface area contributed by atoms with Crippen molar-refractivity contribution in [1.29, 1.82) is 0 Å². The van der Waals surface area contributed by atoms with Gasteiger partial charge in [-0.05, 0) is 88.9 Å². The highest BCUT2D eigenvalue weighted by molar-refractivity contribution is 5.99. The molecule has 11 nitrogen and oxygen atoms in total. The molecule has 0 unspecified atom stereocenters. The lowest BCUT2D eigenvalue weighted by Gasteiger charge is -2.36. The molecule has 1 aliphatic carbocycles. The number of urea groups is 1. The highest BCUT2D eigenvalue weighted by Gasteiger charge is 2.31. The van der Waals surface area contributed by atoms with E-state index in [1.54, 1.807) is 23.1 Å². The fraction of sp³-hybridized carbons (Fsp3) is 0.622. The summed E-state index contributed by atoms with van der Waals surface area (Å²) in [5.41, 5.74) is 1.99. The maximum atomic E-state index is 14.4. The number of hydrogen-bond donors (Lipinski definition) is 3. The van der Waals surface area contributed by atoms with Crippen LogP contribution in [0.5, 0.6) is 17.2 Å². The van der Waals surface area contributed by atoms with E-state index >= 15 is 0 Å². The topological polar surface area (TPSA) is 122 Å². The lowest BCUT2D eigenvalue weighted by atomic mass is 9.96. The first-order valence-electron chi connectivity index (χ1n) is 17.7. The minimum absolute atomic E-state index is 0.0454. The van der Waals surface area contributed by atoms with E-state index in [1.807, 2.05) is 26.0 Å². The number of nitrogens with zero attached hydrogens (tertiary/aromatic N) is 2. The van der Waals surface area contributed by atoms with Gasteiger partial charge in [-0.3, -0.25) is 9.69 Å². The van der Waals surface area contributed by atoms with Gasteiger partial charge in [0.25, 0.3) is 5.91 Å². The summed E-state index contributed by atoms with van der Waals surface area (Å²) < 4.78 is 23.9. The average Bonchev–Trinajstić information content (AvgIpc) is 3.54. The van der Waals surface area contributed by atoms with Gasteiger partial charge in [0.15, 0.2) is 11.5 Å². The molecular formula is C37H54N4O7. The maximum absolute atomic E-state index is 14.4. The molecule has 0 radical (unpaired) electrons. The zero-order valence-corrected chi connectivity index (χ0v) is 29.0. The number of amides is 3. The number of benzene rings is 2. The number of aliphatic hydroxyl groups is 1. The number of carbonyl (C=O) groups excluding carboxylic acids is 2. The zero-order chi connectivity index (χ0) is 34.0. The van der Waals surface area contributed by atoms with Gasteiger partial charge in [0, 0.05) is 43.9 Å². The molecule has 2 aromatic carbocycles. The summed E-state index contributed by atoms with van der Waals surface area (Å²) in [7, 11) is 2.07. The number of rotatable bonds is 8. The van der Waals surface area contributed by atoms with Crippen molar-refractivity contribution >= 4 is 17.6 Å². The van der Waals surface area contributed by atoms with Gasteiger partial charge in [-0.1, -0.05) is 32.3 Å². The van der Waals surface area contributed by atoms with Crippen LogP contribution in [0.1, 0.15) is 88.1 Å². The fourth-order valence-electron chi connectivity index (χ4n) is 6.79. The van der Waals surface area contributed by atoms with E-state index in [1.165, 1.54) is 6.42 Å². The minimum Gasteiger partial charge on any atom is -0.490 e. The molecule has 4 atom stereocenters. The molecular weight excluding hydrogens is 612 g/mol. The van der Waals surface area contributed by atoms with E-state index in [0.29, 0.717) is 43.2 Å². The first-order chi connectivity index (χ1) is 23.2. The van der Waals surface area contributed by atoms with Gasteiger partial charge in [0.1, 0.15) is 5.75 Å². The maximum Gasteiger partial charge on any atom is 0.319 e. The van der Waals surface area contributed by atoms with Crippen LogP contribution in [0.2, 0.25) is 0 Å². The smallest absolute Gasteiger partial charge is 0.319 e. The molecule has 0 saturated heterocycles. The van der Waals surface area contributed by atoms with E-state index in [0.717, 1.165) is 62.0 Å². The van der Waals surface area contributed by atoms with E-state index < -0.39 is 6.04 Å². The van der Waals surface area contributed by atoms with Gasteiger partial charge < -0.3 is 39.6 Å². The van der Waals surface area contributed by atoms with E-state index in [9.17, 15) is 14.7 Å². The summed E-state index contributed by atoms with van der Waals surface area (Å²) in [6, 6.07) is 10.7. The average molecular weight is 667 g/mol. The fourth-order valence-corrected chi connectivity index (χ4v) is 6.79. The Hall–Kier alpha value is -3.54. The van der Waals surface area contributed by atoms with Crippen molar-refractivity contribution in [3.05, 3.63) is 47.5 Å². The number of aliphatic hydroxyl groups excluding tert-OH is 1. The standard InChI is InChI=1S/C37H54N4O7/c1-25-20-41(26(2)23-42)36(43)31-19-30(39-37(44)38-29-11-6-5-7-12-29)14-16-32(31)48-27(3)10-8-9-17-45-35(25)22-40(4)21-28-13-15-33-34(18-28)47-24-46-33/h13-16,18-19,25-27,29,35,42H,5-12,17,20-24H2,1-4H3,(H2,38,39,44)/t25-,26+,27-,35+/m0/s1. The molecule has 1 fully saturated rings. The number of likely N-dealkylation sites (N-methyl/N-ethyl adjacent to an activating group) is 1. The number of nitrogens with one attached hydrogen (secondary N) is 2. The molecule has 3 aliphatic rings. The molecule has 0 bridgehead atoms. The van der Waals surface area contributed by atoms with E-state index in [4.69, 9.17) is 18.9 Å². The van der Waals surface area contributed by atoms with E-state index in [2.05, 4.69) is 35.6 Å². The van der Waals surface area contributed by atoms with Crippen LogP contribution in [0.25, 0.3) is 0 Å². The third kappa shape index (κ3) is 9.76. The third-order valence-electron chi connectivity index (χ3n) is 9.63. The monoisotopic (exact) mass is 666 g/mol. The second-order valence-electron chi connectivity index (χ2n) is 13.8. The van der Waals surface area contributed by atoms with Crippen LogP contribution in [-0.2, 0) is 11.3 Å². The summed E-state index contributed by atoms with van der Waals surface area (Å²) in [6.07, 6.45) is 7.74. The minimum atomic E-state index is -0.448. The van der Waals surface area contributed by atoms with Crippen LogP contribution >= 0.6 is 0 Å². The molecule has 3 N–H and O–H groups in total. The number of fused-ring (bicyclic) bond motifs is 2. The van der Waals surface area contributed by atoms with Crippen LogP contribution < -0.4 is 24.8 Å². The normalized spacial score (nSPS) is 23.2. The van der Waals surface area contributed by atoms with Gasteiger partial charge >= 0.3 is 6.03 Å². The van der Waals surface area contributed by atoms with Crippen molar-refractivity contribution in [3.8, 4) is 17.2 Å². The second kappa shape index (κ2) is 17.2. The van der Waals surface area contributed by atoms with Gasteiger partial charge in [-0.25, -0.2) is 4.79 Å². The molecule has 2 aromatic rings. The molecule has 264 valence electrons. The highest BCUT2D eigenvalue weighted by atomic mass is 16.7. The molecule has 1 saturated carbocycles. The molecule has 3 amide bonds. The summed E-state index contributed by atoms with van der Waals surface area (Å²) in [5, 5.41) is 16.3. The Morgan fingerprint density at radius 3 is 2.54 bits per heavy atom. The van der Waals surface area contributed by atoms with Crippen LogP contribution in [0, 0.1) is 5.92 Å². The van der Waals surface area contributed by atoms with E-state index in [-0.39, 0.29) is 49.5 Å². The number of hydrogen-bond acceptors (Lipinski definition) is 8. The van der Waals surface area contributed by atoms with Crippen LogP contribution in [0.3, 0.4) is 0 Å². The number of carbonyl (C=O) groups is 2. The summed E-state index contributed by atoms with van der Waals surface area (Å²) in [6.45, 7) is 8.34. The van der Waals surface area contributed by atoms with Crippen LogP contribution in [0.4, 0.5) is 10.5 Å². The summed E-state index contributed by atoms with van der Waals surface area (Å²) in [4.78, 5) is 31.2. The number of anilines is 1. The Labute approximate surface area is 285 Å². The van der Waals surface area contributed by atoms with Gasteiger partial charge in [0.05, 0.1) is 30.4 Å². The van der Waals surface area contributed by atoms with Crippen molar-refractivity contribution in [1.82, 2.24) is 15.1 Å². The lowest BCUT2D eigenvalue weighted by Crippen LogP contribution is -2.47. The Balaban J connectivity index is 1.34. The Bertz CT molecular complexity index is 1370. The largest absolute Gasteiger partial charge is 0.490 e. The summed E-state index contributed by atoms with van der Waals surface area (Å²) in [5.74, 6) is 1.70. The van der Waals surface area contributed by atoms with Gasteiger partial charge in [-0.15, -0.1) is 0 Å². The molecule has 0 spiro atoms. The predicted molar refractivity (Wildman–Crippen MR) is 185 cm³/mol. The highest BCUT2D eigenvalue weighted by Crippen LogP contribution is 2.33. The third-order valence-corrected chi connectivity index (χ3v) is 9.63. The second-order valence-corrected chi connectivity index (χ2v) is 13.8. The molecule has 2 heterocycles. The summed E-state index contributed by atoms with van der Waals surface area (Å²) >= 11 is 0. The molecule has 5 rings (SSSR count). The van der Waals surface area contributed by atoms with Crippen LogP contribution in [0.15, 0.2) is 36.4 Å².